The minimum atomic E-state index is -0.213. The zero-order chi connectivity index (χ0) is 33.0. The molecule has 0 aliphatic carbocycles. The molecule has 1 rings (SSSR count). The lowest BCUT2D eigenvalue weighted by Crippen LogP contribution is -2.28. The van der Waals surface area contributed by atoms with E-state index in [1.54, 1.807) is 21.6 Å². The smallest absolute Gasteiger partial charge is 0.246 e. The van der Waals surface area contributed by atoms with Crippen LogP contribution in [0, 0.1) is 5.92 Å². The highest BCUT2D eigenvalue weighted by Gasteiger charge is 2.12. The highest BCUT2D eigenvalue weighted by atomic mass is 33.1. The summed E-state index contributed by atoms with van der Waals surface area (Å²) in [5.74, 6) is 1.08. The fourth-order valence-corrected chi connectivity index (χ4v) is 5.16. The maximum absolute atomic E-state index is 12.5. The number of ether oxygens (including phenoxy) is 6. The van der Waals surface area contributed by atoms with Gasteiger partial charge in [-0.25, -0.2) is 0 Å². The second-order valence-electron chi connectivity index (χ2n) is 10.8. The Morgan fingerprint density at radius 2 is 1.62 bits per heavy atom. The molecule has 12 heteroatoms. The van der Waals surface area contributed by atoms with Crippen LogP contribution in [0.2, 0.25) is 0 Å². The number of rotatable bonds is 30. The van der Waals surface area contributed by atoms with Crippen molar-refractivity contribution in [3.63, 3.8) is 0 Å². The summed E-state index contributed by atoms with van der Waals surface area (Å²) >= 11 is 0. The van der Waals surface area contributed by atoms with Crippen molar-refractivity contribution in [2.45, 2.75) is 58.4 Å². The molecule has 258 valence electrons. The molecule has 1 atom stereocenters. The topological polar surface area (TPSA) is 114 Å². The number of hydrogen-bond acceptors (Lipinski definition) is 11. The summed E-state index contributed by atoms with van der Waals surface area (Å²) in [4.78, 5) is 24.3. The fraction of sp³-hybridized carbons (Fsp3) is 0.697. The average Bonchev–Trinajstić information content (AvgIpc) is 3.00. The number of amides is 1. The highest BCUT2D eigenvalue weighted by Crippen LogP contribution is 2.26. The van der Waals surface area contributed by atoms with Crippen LogP contribution in [-0.2, 0) is 39.7 Å². The summed E-state index contributed by atoms with van der Waals surface area (Å²) in [5, 5.41) is 6.14. The van der Waals surface area contributed by atoms with Gasteiger partial charge in [0.1, 0.15) is 30.2 Å². The SMILES string of the molecule is CSS[C@@H](COc1cccc(CC(=O)CCOCCOCCOCCCNC(C)C)c1)OCCOCC(=O)NC/C=C/C(C)C. The van der Waals surface area contributed by atoms with Crippen molar-refractivity contribution < 1.29 is 38.0 Å². The summed E-state index contributed by atoms with van der Waals surface area (Å²) < 4.78 is 33.9. The molecule has 0 heterocycles. The van der Waals surface area contributed by atoms with Gasteiger partial charge in [0.25, 0.3) is 0 Å². The van der Waals surface area contributed by atoms with Crippen molar-refractivity contribution in [3.8, 4) is 5.75 Å². The van der Waals surface area contributed by atoms with Crippen LogP contribution in [-0.4, -0.2) is 109 Å². The molecule has 45 heavy (non-hydrogen) atoms. The van der Waals surface area contributed by atoms with Gasteiger partial charge < -0.3 is 39.1 Å². The van der Waals surface area contributed by atoms with Gasteiger partial charge in [-0.3, -0.25) is 9.59 Å². The molecule has 0 aromatic heterocycles. The van der Waals surface area contributed by atoms with E-state index in [4.69, 9.17) is 28.4 Å². The van der Waals surface area contributed by atoms with Crippen molar-refractivity contribution in [1.82, 2.24) is 10.6 Å². The van der Waals surface area contributed by atoms with E-state index in [-0.39, 0.29) is 23.7 Å². The van der Waals surface area contributed by atoms with Crippen LogP contribution in [0.4, 0.5) is 0 Å². The largest absolute Gasteiger partial charge is 0.490 e. The van der Waals surface area contributed by atoms with Crippen LogP contribution in [0.3, 0.4) is 0 Å². The predicted octanol–water partition coefficient (Wildman–Crippen LogP) is 4.70. The maximum atomic E-state index is 12.5. The highest BCUT2D eigenvalue weighted by molar-refractivity contribution is 8.76. The van der Waals surface area contributed by atoms with Crippen molar-refractivity contribution in [1.29, 1.82) is 0 Å². The third-order valence-corrected chi connectivity index (χ3v) is 7.78. The molecule has 0 unspecified atom stereocenters. The Kier molecular flexibility index (Phi) is 26.3. The first-order valence-electron chi connectivity index (χ1n) is 15.8. The zero-order valence-corrected chi connectivity index (χ0v) is 29.5. The summed E-state index contributed by atoms with van der Waals surface area (Å²) in [6.45, 7) is 14.0. The van der Waals surface area contributed by atoms with Crippen molar-refractivity contribution in [2.24, 2.45) is 5.92 Å². The van der Waals surface area contributed by atoms with Crippen molar-refractivity contribution in [3.05, 3.63) is 42.0 Å². The van der Waals surface area contributed by atoms with Gasteiger partial charge in [0, 0.05) is 32.0 Å². The Balaban J connectivity index is 2.16. The van der Waals surface area contributed by atoms with E-state index in [1.165, 1.54) is 0 Å². The van der Waals surface area contributed by atoms with E-state index in [1.807, 2.05) is 42.7 Å². The van der Waals surface area contributed by atoms with E-state index in [2.05, 4.69) is 38.3 Å². The number of Topliss-reactive ketones (excluding diaryl/α,β-unsaturated/α-hetero) is 1. The van der Waals surface area contributed by atoms with Gasteiger partial charge in [-0.1, -0.05) is 73.6 Å². The molecule has 0 spiro atoms. The number of carbonyl (C=O) groups excluding carboxylic acids is 2. The average molecular weight is 673 g/mol. The monoisotopic (exact) mass is 672 g/mol. The first-order valence-corrected chi connectivity index (χ1v) is 18.4. The minimum absolute atomic E-state index is 0.00490. The van der Waals surface area contributed by atoms with Gasteiger partial charge in [-0.2, -0.15) is 0 Å². The van der Waals surface area contributed by atoms with E-state index >= 15 is 0 Å². The van der Waals surface area contributed by atoms with Gasteiger partial charge >= 0.3 is 0 Å². The van der Waals surface area contributed by atoms with Crippen LogP contribution in [0.25, 0.3) is 0 Å². The van der Waals surface area contributed by atoms with Gasteiger partial charge in [-0.05, 0) is 42.8 Å². The standard InChI is InChI=1S/C33H56N2O8S2/c1-27(2)9-7-13-35-32(37)25-41-21-22-42-33(45-44-5)26-43-31-11-6-10-29(24-31)23-30(36)12-16-39-18-20-40-19-17-38-15-8-14-34-28(3)4/h6-7,9-11,24,27-28,33-34H,8,12-23,25-26H2,1-5H3,(H,35,37)/b9-7+/t33-/m0/s1. The van der Waals surface area contributed by atoms with Crippen LogP contribution in [0.15, 0.2) is 36.4 Å². The second kappa shape index (κ2) is 28.6. The minimum Gasteiger partial charge on any atom is -0.490 e. The summed E-state index contributed by atoms with van der Waals surface area (Å²) in [6, 6.07) is 8.05. The van der Waals surface area contributed by atoms with Crippen molar-refractivity contribution in [2.75, 3.05) is 85.4 Å². The number of nitrogens with one attached hydrogen (secondary N) is 2. The first kappa shape index (κ1) is 41.4. The lowest BCUT2D eigenvalue weighted by molar-refractivity contribution is -0.126. The van der Waals surface area contributed by atoms with E-state index in [9.17, 15) is 9.59 Å². The van der Waals surface area contributed by atoms with E-state index in [0.29, 0.717) is 90.0 Å². The molecule has 1 aromatic rings. The Hall–Kier alpha value is -1.64. The molecule has 0 saturated heterocycles. The summed E-state index contributed by atoms with van der Waals surface area (Å²) in [5.41, 5.74) is 0.678. The lowest BCUT2D eigenvalue weighted by Gasteiger charge is -2.17. The molecular formula is C33H56N2O8S2. The lowest BCUT2D eigenvalue weighted by atomic mass is 10.1. The zero-order valence-electron chi connectivity index (χ0n) is 27.9. The van der Waals surface area contributed by atoms with E-state index < -0.39 is 0 Å². The number of allylic oxidation sites excluding steroid dienone is 1. The number of ketones is 1. The van der Waals surface area contributed by atoms with Crippen molar-refractivity contribution >= 4 is 33.3 Å². The number of hydrogen-bond donors (Lipinski definition) is 2. The number of carbonyl (C=O) groups is 2. The Labute approximate surface area is 278 Å². The summed E-state index contributed by atoms with van der Waals surface area (Å²) in [7, 11) is 3.14. The first-order chi connectivity index (χ1) is 21.8. The van der Waals surface area contributed by atoms with Gasteiger partial charge in [0.15, 0.2) is 0 Å². The van der Waals surface area contributed by atoms with E-state index in [0.717, 1.165) is 25.1 Å². The molecule has 0 bridgehead atoms. The quantitative estimate of drug-likeness (QED) is 0.0513. The van der Waals surface area contributed by atoms with Gasteiger partial charge in [-0.15, -0.1) is 0 Å². The predicted molar refractivity (Wildman–Crippen MR) is 184 cm³/mol. The molecule has 1 aromatic carbocycles. The molecule has 2 N–H and O–H groups in total. The molecular weight excluding hydrogens is 617 g/mol. The Bertz CT molecular complexity index is 920. The molecule has 0 radical (unpaired) electrons. The molecule has 0 aliphatic heterocycles. The van der Waals surface area contributed by atoms with Gasteiger partial charge in [0.05, 0.1) is 46.2 Å². The molecule has 1 amide bonds. The van der Waals surface area contributed by atoms with Crippen LogP contribution in [0.1, 0.15) is 46.1 Å². The van der Waals surface area contributed by atoms with Gasteiger partial charge in [0.2, 0.25) is 5.91 Å². The third-order valence-electron chi connectivity index (χ3n) is 5.88. The Morgan fingerprint density at radius 3 is 2.33 bits per heavy atom. The molecule has 0 saturated carbocycles. The molecule has 0 aliphatic rings. The number of benzene rings is 1. The van der Waals surface area contributed by atoms with Crippen LogP contribution >= 0.6 is 21.6 Å². The maximum Gasteiger partial charge on any atom is 0.246 e. The molecule has 10 nitrogen and oxygen atoms in total. The van der Waals surface area contributed by atoms with Crippen LogP contribution in [0.5, 0.6) is 5.75 Å². The Morgan fingerprint density at radius 1 is 0.911 bits per heavy atom. The fourth-order valence-electron chi connectivity index (χ4n) is 3.70. The molecule has 0 fully saturated rings. The second-order valence-corrected chi connectivity index (χ2v) is 13.4. The normalized spacial score (nSPS) is 12.3. The third kappa shape index (κ3) is 26.2. The van der Waals surface area contributed by atoms with Crippen LogP contribution < -0.4 is 15.4 Å². The summed E-state index contributed by atoms with van der Waals surface area (Å²) in [6.07, 6.45) is 7.60.